The van der Waals surface area contributed by atoms with E-state index in [1.165, 1.54) is 11.5 Å². The van der Waals surface area contributed by atoms with Crippen LogP contribution < -0.4 is 5.69 Å². The molecule has 1 N–H and O–H groups in total. The van der Waals surface area contributed by atoms with E-state index in [-0.39, 0.29) is 5.69 Å². The third kappa shape index (κ3) is 3.03. The number of aromatic nitrogens is 2. The highest BCUT2D eigenvalue weighted by molar-refractivity contribution is 7.05. The first-order chi connectivity index (χ1) is 4.29. The van der Waals surface area contributed by atoms with Gasteiger partial charge in [-0.3, -0.25) is 4.37 Å². The summed E-state index contributed by atoms with van der Waals surface area (Å²) >= 11 is 1.26. The van der Waals surface area contributed by atoms with Crippen molar-refractivity contribution < 1.29 is 0 Å². The quantitative estimate of drug-likeness (QED) is 0.597. The summed E-state index contributed by atoms with van der Waals surface area (Å²) in [6.45, 7) is 5.78. The molecule has 0 aliphatic heterocycles. The summed E-state index contributed by atoms with van der Waals surface area (Å²) in [5, 5.41) is 0.782. The summed E-state index contributed by atoms with van der Waals surface area (Å²) < 4.78 is 2.44. The van der Waals surface area contributed by atoms with E-state index in [1.54, 1.807) is 6.92 Å². The smallest absolute Gasteiger partial charge is 0.260 e. The van der Waals surface area contributed by atoms with Crippen LogP contribution in [0.4, 0.5) is 0 Å². The Labute approximate surface area is 57.9 Å². The zero-order valence-corrected chi connectivity index (χ0v) is 6.58. The Hall–Kier alpha value is -0.640. The van der Waals surface area contributed by atoms with Gasteiger partial charge in [-0.1, -0.05) is 13.8 Å². The summed E-state index contributed by atoms with van der Waals surface area (Å²) in [6, 6.07) is 0. The highest BCUT2D eigenvalue weighted by Gasteiger charge is 1.85. The van der Waals surface area contributed by atoms with E-state index in [9.17, 15) is 4.79 Å². The Kier molecular flexibility index (Phi) is 3.96. The van der Waals surface area contributed by atoms with Gasteiger partial charge in [-0.2, -0.15) is 4.98 Å². The average Bonchev–Trinajstić information content (AvgIpc) is 2.20. The predicted octanol–water partition coefficient (Wildman–Crippen LogP) is 1.17. The zero-order chi connectivity index (χ0) is 7.28. The van der Waals surface area contributed by atoms with Crippen molar-refractivity contribution in [2.24, 2.45) is 0 Å². The number of aryl methyl sites for hydroxylation is 1. The normalized spacial score (nSPS) is 7.89. The molecule has 0 spiro atoms. The molecule has 9 heavy (non-hydrogen) atoms. The number of aromatic amines is 1. The molecule has 0 aliphatic carbocycles. The number of rotatable bonds is 0. The van der Waals surface area contributed by atoms with Gasteiger partial charge in [0.2, 0.25) is 0 Å². The number of hydrogen-bond donors (Lipinski definition) is 1. The van der Waals surface area contributed by atoms with Crippen LogP contribution in [0.15, 0.2) is 4.79 Å². The predicted molar refractivity (Wildman–Crippen MR) is 38.8 cm³/mol. The molecular formula is C5H10N2OS. The van der Waals surface area contributed by atoms with Crippen LogP contribution in [0.5, 0.6) is 0 Å². The van der Waals surface area contributed by atoms with Gasteiger partial charge in [0.25, 0.3) is 0 Å². The van der Waals surface area contributed by atoms with E-state index in [2.05, 4.69) is 9.36 Å². The van der Waals surface area contributed by atoms with Crippen LogP contribution in [-0.2, 0) is 0 Å². The van der Waals surface area contributed by atoms with Crippen LogP contribution in [0, 0.1) is 6.92 Å². The van der Waals surface area contributed by atoms with Crippen LogP contribution in [0.3, 0.4) is 0 Å². The summed E-state index contributed by atoms with van der Waals surface area (Å²) in [4.78, 5) is 13.7. The lowest BCUT2D eigenvalue weighted by atomic mass is 10.8. The minimum absolute atomic E-state index is 0.248. The van der Waals surface area contributed by atoms with Crippen molar-refractivity contribution in [2.75, 3.05) is 0 Å². The fourth-order valence-corrected chi connectivity index (χ4v) is 0.715. The number of H-pyrrole nitrogens is 1. The van der Waals surface area contributed by atoms with Crippen molar-refractivity contribution in [3.05, 3.63) is 15.5 Å². The summed E-state index contributed by atoms with van der Waals surface area (Å²) in [6.07, 6.45) is 0. The molecule has 0 fully saturated rings. The number of nitrogens with one attached hydrogen (secondary N) is 1. The van der Waals surface area contributed by atoms with Crippen molar-refractivity contribution in [3.8, 4) is 0 Å². The van der Waals surface area contributed by atoms with E-state index in [1.807, 2.05) is 13.8 Å². The first-order valence-electron chi connectivity index (χ1n) is 2.81. The molecular weight excluding hydrogens is 136 g/mol. The third-order valence-electron chi connectivity index (χ3n) is 0.545. The van der Waals surface area contributed by atoms with Gasteiger partial charge in [0, 0.05) is 0 Å². The standard InChI is InChI=1S/C3H4N2OS.C2H6/c1-2-4-3(6)5-7-2;1-2/h1H3,(H,5,6);1-2H3. The van der Waals surface area contributed by atoms with Crippen molar-refractivity contribution in [2.45, 2.75) is 20.8 Å². The molecule has 1 heterocycles. The molecule has 4 heteroatoms. The molecule has 1 aromatic heterocycles. The van der Waals surface area contributed by atoms with Crippen LogP contribution in [0.25, 0.3) is 0 Å². The SMILES string of the molecule is CC.Cc1nc(=O)[nH]s1. The summed E-state index contributed by atoms with van der Waals surface area (Å²) in [5.74, 6) is 0. The number of hydrogen-bond acceptors (Lipinski definition) is 3. The third-order valence-corrected chi connectivity index (χ3v) is 1.21. The van der Waals surface area contributed by atoms with Gasteiger partial charge in [0.05, 0.1) is 0 Å². The molecule has 0 amide bonds. The van der Waals surface area contributed by atoms with E-state index < -0.39 is 0 Å². The van der Waals surface area contributed by atoms with Gasteiger partial charge in [-0.25, -0.2) is 4.79 Å². The van der Waals surface area contributed by atoms with Gasteiger partial charge >= 0.3 is 5.69 Å². The molecule has 1 rings (SSSR count). The molecule has 0 aliphatic rings. The molecule has 3 nitrogen and oxygen atoms in total. The van der Waals surface area contributed by atoms with Gasteiger partial charge in [-0.15, -0.1) is 0 Å². The maximum absolute atomic E-state index is 10.1. The lowest BCUT2D eigenvalue weighted by molar-refractivity contribution is 1.16. The zero-order valence-electron chi connectivity index (χ0n) is 5.76. The first-order valence-corrected chi connectivity index (χ1v) is 3.63. The first kappa shape index (κ1) is 8.36. The Morgan fingerprint density at radius 2 is 2.11 bits per heavy atom. The second-order valence-electron chi connectivity index (χ2n) is 1.14. The minimum Gasteiger partial charge on any atom is -0.260 e. The largest absolute Gasteiger partial charge is 0.355 e. The molecule has 0 saturated carbocycles. The van der Waals surface area contributed by atoms with E-state index in [0.29, 0.717) is 0 Å². The highest BCUT2D eigenvalue weighted by Crippen LogP contribution is 1.88. The molecule has 0 atom stereocenters. The van der Waals surface area contributed by atoms with Crippen LogP contribution >= 0.6 is 11.5 Å². The monoisotopic (exact) mass is 146 g/mol. The van der Waals surface area contributed by atoms with Gasteiger partial charge < -0.3 is 0 Å². The fraction of sp³-hybridized carbons (Fsp3) is 0.600. The van der Waals surface area contributed by atoms with Gasteiger partial charge in [0.15, 0.2) is 0 Å². The molecule has 52 valence electrons. The van der Waals surface area contributed by atoms with E-state index in [0.717, 1.165) is 5.01 Å². The Bertz CT molecular complexity index is 203. The average molecular weight is 146 g/mol. The fourth-order valence-electron chi connectivity index (χ4n) is 0.306. The molecule has 0 unspecified atom stereocenters. The van der Waals surface area contributed by atoms with Crippen molar-refractivity contribution in [1.29, 1.82) is 0 Å². The lowest BCUT2D eigenvalue weighted by Gasteiger charge is -1.61. The second kappa shape index (κ2) is 4.26. The Morgan fingerprint density at radius 3 is 2.22 bits per heavy atom. The van der Waals surface area contributed by atoms with E-state index in [4.69, 9.17) is 0 Å². The molecule has 0 saturated heterocycles. The number of nitrogens with zero attached hydrogens (tertiary/aromatic N) is 1. The Balaban J connectivity index is 0.000000291. The summed E-state index contributed by atoms with van der Waals surface area (Å²) in [5.41, 5.74) is -0.248. The van der Waals surface area contributed by atoms with E-state index >= 15 is 0 Å². The molecule has 1 aromatic rings. The maximum atomic E-state index is 10.1. The van der Waals surface area contributed by atoms with Gasteiger partial charge in [0.1, 0.15) is 5.01 Å². The Morgan fingerprint density at radius 1 is 1.56 bits per heavy atom. The minimum atomic E-state index is -0.248. The maximum Gasteiger partial charge on any atom is 0.355 e. The molecule has 0 radical (unpaired) electrons. The topological polar surface area (TPSA) is 45.8 Å². The van der Waals surface area contributed by atoms with Gasteiger partial charge in [-0.05, 0) is 18.5 Å². The van der Waals surface area contributed by atoms with Crippen LogP contribution in [0.2, 0.25) is 0 Å². The molecule has 0 bridgehead atoms. The summed E-state index contributed by atoms with van der Waals surface area (Å²) in [7, 11) is 0. The van der Waals surface area contributed by atoms with Crippen LogP contribution in [-0.4, -0.2) is 9.36 Å². The van der Waals surface area contributed by atoms with Crippen LogP contribution in [0.1, 0.15) is 18.9 Å². The van der Waals surface area contributed by atoms with Crippen molar-refractivity contribution in [1.82, 2.24) is 9.36 Å². The highest BCUT2D eigenvalue weighted by atomic mass is 32.1. The second-order valence-corrected chi connectivity index (χ2v) is 2.14. The van der Waals surface area contributed by atoms with Crippen molar-refractivity contribution in [3.63, 3.8) is 0 Å². The van der Waals surface area contributed by atoms with Crippen molar-refractivity contribution >= 4 is 11.5 Å². The molecule has 0 aromatic carbocycles. The lowest BCUT2D eigenvalue weighted by Crippen LogP contribution is -1.99.